The van der Waals surface area contributed by atoms with Crippen molar-refractivity contribution in [3.8, 4) is 0 Å². The summed E-state index contributed by atoms with van der Waals surface area (Å²) in [5.74, 6) is 1.95. The minimum Gasteiger partial charge on any atom is -0.337 e. The Bertz CT molecular complexity index is 943. The number of nitrogens with one attached hydrogen (secondary N) is 1. The summed E-state index contributed by atoms with van der Waals surface area (Å²) >= 11 is 0. The number of carbonyl (C=O) groups excluding carboxylic acids is 2. The van der Waals surface area contributed by atoms with E-state index in [9.17, 15) is 9.59 Å². The van der Waals surface area contributed by atoms with Crippen LogP contribution in [-0.2, 0) is 17.8 Å². The van der Waals surface area contributed by atoms with Crippen LogP contribution in [0.2, 0.25) is 0 Å². The quantitative estimate of drug-likeness (QED) is 0.834. The van der Waals surface area contributed by atoms with Crippen molar-refractivity contribution in [3.63, 3.8) is 0 Å². The van der Waals surface area contributed by atoms with Crippen LogP contribution in [0.15, 0.2) is 12.3 Å². The highest BCUT2D eigenvalue weighted by Crippen LogP contribution is 2.38. The van der Waals surface area contributed by atoms with Gasteiger partial charge in [-0.1, -0.05) is 19.3 Å². The summed E-state index contributed by atoms with van der Waals surface area (Å²) < 4.78 is 3.80. The van der Waals surface area contributed by atoms with Crippen LogP contribution in [-0.4, -0.2) is 49.4 Å². The highest BCUT2D eigenvalue weighted by Gasteiger charge is 2.34. The zero-order chi connectivity index (χ0) is 20.7. The third-order valence-corrected chi connectivity index (χ3v) is 6.91. The second-order valence-corrected chi connectivity index (χ2v) is 8.78. The largest absolute Gasteiger partial charge is 0.337 e. The molecule has 2 aromatic heterocycles. The summed E-state index contributed by atoms with van der Waals surface area (Å²) in [4.78, 5) is 31.9. The lowest BCUT2D eigenvalue weighted by Crippen LogP contribution is -2.47. The molecule has 1 saturated carbocycles. The molecule has 5 rings (SSSR count). The van der Waals surface area contributed by atoms with Gasteiger partial charge in [-0.2, -0.15) is 5.10 Å². The molecule has 1 fully saturated rings. The summed E-state index contributed by atoms with van der Waals surface area (Å²) in [5.41, 5.74) is 0. The number of likely N-dealkylation sites (N-methyl/N-ethyl adjacent to an activating group) is 1. The molecule has 2 aromatic rings. The molecule has 2 amide bonds. The molecule has 9 heteroatoms. The fraction of sp³-hybridized carbons (Fsp3) is 0.667. The van der Waals surface area contributed by atoms with Gasteiger partial charge < -0.3 is 5.32 Å². The van der Waals surface area contributed by atoms with Crippen molar-refractivity contribution in [1.82, 2.24) is 29.9 Å². The van der Waals surface area contributed by atoms with Crippen LogP contribution in [0, 0.1) is 5.92 Å². The molecule has 3 aliphatic rings. The van der Waals surface area contributed by atoms with Crippen molar-refractivity contribution in [2.75, 3.05) is 11.9 Å². The average Bonchev–Trinajstić information content (AvgIpc) is 3.40. The first-order valence-electron chi connectivity index (χ1n) is 11.2. The van der Waals surface area contributed by atoms with Gasteiger partial charge in [0.1, 0.15) is 17.7 Å². The number of anilines is 1. The highest BCUT2D eigenvalue weighted by molar-refractivity contribution is 6.00. The Hall–Kier alpha value is -2.71. The van der Waals surface area contributed by atoms with Crippen molar-refractivity contribution in [1.29, 1.82) is 0 Å². The van der Waals surface area contributed by atoms with E-state index in [1.165, 1.54) is 32.1 Å². The predicted octanol–water partition coefficient (Wildman–Crippen LogP) is 2.10. The summed E-state index contributed by atoms with van der Waals surface area (Å²) in [5, 5.41) is 11.7. The first-order valence-corrected chi connectivity index (χ1v) is 11.2. The molecule has 2 aliphatic heterocycles. The zero-order valence-electron chi connectivity index (χ0n) is 17.5. The van der Waals surface area contributed by atoms with Gasteiger partial charge in [0.2, 0.25) is 5.82 Å². The molecule has 1 unspecified atom stereocenters. The molecule has 30 heavy (non-hydrogen) atoms. The Balaban J connectivity index is 1.32. The number of carbonyl (C=O) groups is 2. The zero-order valence-corrected chi connectivity index (χ0v) is 17.5. The van der Waals surface area contributed by atoms with Gasteiger partial charge in [-0.05, 0) is 38.0 Å². The van der Waals surface area contributed by atoms with E-state index in [-0.39, 0.29) is 17.6 Å². The number of hydrogen-bond donors (Lipinski definition) is 1. The molecular weight excluding hydrogens is 382 g/mol. The number of amides is 2. The SMILES string of the molecule is CN1C(=O)[C@@H](NC(=O)c2nc3n(n2)C(C2CCCCC2)CCC3)CCn2nccc21. The third kappa shape index (κ3) is 3.40. The third-order valence-electron chi connectivity index (χ3n) is 6.91. The van der Waals surface area contributed by atoms with Crippen molar-refractivity contribution in [2.24, 2.45) is 5.92 Å². The van der Waals surface area contributed by atoms with Crippen LogP contribution >= 0.6 is 0 Å². The van der Waals surface area contributed by atoms with Gasteiger partial charge in [0.25, 0.3) is 11.8 Å². The Morgan fingerprint density at radius 3 is 2.80 bits per heavy atom. The number of nitrogens with zero attached hydrogens (tertiary/aromatic N) is 6. The maximum absolute atomic E-state index is 12.9. The fourth-order valence-corrected chi connectivity index (χ4v) is 5.29. The molecule has 1 N–H and O–H groups in total. The van der Waals surface area contributed by atoms with Crippen molar-refractivity contribution < 1.29 is 9.59 Å². The normalized spacial score (nSPS) is 24.8. The monoisotopic (exact) mass is 411 g/mol. The van der Waals surface area contributed by atoms with Crippen molar-refractivity contribution in [2.45, 2.75) is 76.4 Å². The van der Waals surface area contributed by atoms with Crippen LogP contribution in [0.5, 0.6) is 0 Å². The molecule has 0 saturated heterocycles. The van der Waals surface area contributed by atoms with Gasteiger partial charge in [0, 0.05) is 26.1 Å². The maximum atomic E-state index is 12.9. The van der Waals surface area contributed by atoms with Gasteiger partial charge in [0.15, 0.2) is 0 Å². The van der Waals surface area contributed by atoms with Crippen LogP contribution in [0.25, 0.3) is 0 Å². The minimum absolute atomic E-state index is 0.147. The molecule has 1 aliphatic carbocycles. The summed E-state index contributed by atoms with van der Waals surface area (Å²) in [6.45, 7) is 0.570. The average molecular weight is 412 g/mol. The molecule has 2 atom stereocenters. The van der Waals surface area contributed by atoms with Gasteiger partial charge in [-0.3, -0.25) is 14.5 Å². The smallest absolute Gasteiger partial charge is 0.291 e. The van der Waals surface area contributed by atoms with Gasteiger partial charge >= 0.3 is 0 Å². The number of hydrogen-bond acceptors (Lipinski definition) is 5. The number of fused-ring (bicyclic) bond motifs is 2. The van der Waals surface area contributed by atoms with Crippen molar-refractivity contribution >= 4 is 17.6 Å². The Kier molecular flexibility index (Phi) is 5.04. The Morgan fingerprint density at radius 2 is 1.97 bits per heavy atom. The van der Waals surface area contributed by atoms with E-state index in [0.29, 0.717) is 24.9 Å². The standard InChI is InChI=1S/C21H29N7O2/c1-26-18-10-12-22-27(18)13-11-15(21(26)30)23-20(29)19-24-17-9-5-8-16(28(17)25-19)14-6-3-2-4-7-14/h10,12,14-16H,2-9,11,13H2,1H3,(H,23,29)/t15-,16?/m0/s1. The molecule has 0 aromatic carbocycles. The van der Waals surface area contributed by atoms with Crippen LogP contribution in [0.1, 0.15) is 73.9 Å². The second-order valence-electron chi connectivity index (χ2n) is 8.78. The minimum atomic E-state index is -0.612. The molecule has 160 valence electrons. The van der Waals surface area contributed by atoms with Gasteiger partial charge in [0.05, 0.1) is 12.2 Å². The van der Waals surface area contributed by atoms with E-state index in [0.717, 1.165) is 30.9 Å². The van der Waals surface area contributed by atoms with Crippen LogP contribution in [0.3, 0.4) is 0 Å². The summed E-state index contributed by atoms with van der Waals surface area (Å²) in [6, 6.07) is 1.54. The van der Waals surface area contributed by atoms with E-state index >= 15 is 0 Å². The predicted molar refractivity (Wildman–Crippen MR) is 110 cm³/mol. The first-order chi connectivity index (χ1) is 14.6. The van der Waals surface area contributed by atoms with Crippen LogP contribution < -0.4 is 10.2 Å². The number of rotatable bonds is 3. The van der Waals surface area contributed by atoms with Gasteiger partial charge in [-0.15, -0.1) is 5.10 Å². The lowest BCUT2D eigenvalue weighted by atomic mass is 9.81. The number of aromatic nitrogens is 5. The van der Waals surface area contributed by atoms with E-state index in [1.807, 2.05) is 4.68 Å². The molecule has 0 bridgehead atoms. The lowest BCUT2D eigenvalue weighted by Gasteiger charge is -2.33. The van der Waals surface area contributed by atoms with Crippen molar-refractivity contribution in [3.05, 3.63) is 23.9 Å². The van der Waals surface area contributed by atoms with Crippen LogP contribution in [0.4, 0.5) is 5.82 Å². The molecule has 4 heterocycles. The lowest BCUT2D eigenvalue weighted by molar-refractivity contribution is -0.120. The topological polar surface area (TPSA) is 97.9 Å². The van der Waals surface area contributed by atoms with E-state index < -0.39 is 6.04 Å². The number of aryl methyl sites for hydroxylation is 2. The molecule has 0 spiro atoms. The second kappa shape index (κ2) is 7.85. The summed E-state index contributed by atoms with van der Waals surface area (Å²) in [6.07, 6.45) is 11.6. The maximum Gasteiger partial charge on any atom is 0.291 e. The highest BCUT2D eigenvalue weighted by atomic mass is 16.2. The van der Waals surface area contributed by atoms with E-state index in [2.05, 4.69) is 20.5 Å². The Labute approximate surface area is 175 Å². The van der Waals surface area contributed by atoms with E-state index in [1.54, 1.807) is 28.9 Å². The van der Waals surface area contributed by atoms with E-state index in [4.69, 9.17) is 0 Å². The first kappa shape index (κ1) is 19.3. The summed E-state index contributed by atoms with van der Waals surface area (Å²) in [7, 11) is 1.71. The fourth-order valence-electron chi connectivity index (χ4n) is 5.29. The molecule has 9 nitrogen and oxygen atoms in total. The Morgan fingerprint density at radius 1 is 1.13 bits per heavy atom. The van der Waals surface area contributed by atoms with Gasteiger partial charge in [-0.25, -0.2) is 14.3 Å². The molecule has 0 radical (unpaired) electrons. The molecular formula is C21H29N7O2.